The molecule has 2 aromatic rings. The first-order chi connectivity index (χ1) is 8.40. The van der Waals surface area contributed by atoms with Gasteiger partial charge in [-0.05, 0) is 36.9 Å². The van der Waals surface area contributed by atoms with Crippen LogP contribution in [-0.4, -0.2) is 26.7 Å². The Labute approximate surface area is 102 Å². The monoisotopic (exact) mass is 249 g/mol. The smallest absolute Gasteiger partial charge is 0.232 e. The molecule has 0 radical (unpaired) electrons. The van der Waals surface area contributed by atoms with Gasteiger partial charge in [-0.2, -0.15) is 9.36 Å². The maximum atomic E-state index is 5.80. The van der Waals surface area contributed by atoms with Crippen molar-refractivity contribution >= 4 is 11.5 Å². The molecular weight excluding hydrogens is 238 g/mol. The first-order valence-electron chi connectivity index (χ1n) is 5.80. The van der Waals surface area contributed by atoms with Gasteiger partial charge in [0.05, 0.1) is 18.1 Å². The van der Waals surface area contributed by atoms with Gasteiger partial charge in [-0.15, -0.1) is 0 Å². The van der Waals surface area contributed by atoms with Crippen LogP contribution < -0.4 is 0 Å². The van der Waals surface area contributed by atoms with Gasteiger partial charge < -0.3 is 9.26 Å². The Balaban J connectivity index is 1.63. The van der Waals surface area contributed by atoms with Gasteiger partial charge in [-0.3, -0.25) is 0 Å². The largest absolute Gasteiger partial charge is 0.374 e. The fourth-order valence-electron chi connectivity index (χ4n) is 2.72. The standard InChI is InChI=1S/C11H11N3O2S/c1-2-9-7(5-6(1)15-9)11-12-10(13-16-11)8-3-4-17-14-8/h3-4,6-7,9H,1-2,5H2/t6-,7-,9+/m1/s1. The molecule has 4 heterocycles. The lowest BCUT2D eigenvalue weighted by Crippen LogP contribution is -2.14. The predicted octanol–water partition coefficient (Wildman–Crippen LogP) is 2.23. The summed E-state index contributed by atoms with van der Waals surface area (Å²) in [7, 11) is 0. The Morgan fingerprint density at radius 1 is 1.35 bits per heavy atom. The van der Waals surface area contributed by atoms with Crippen LogP contribution in [0.2, 0.25) is 0 Å². The fraction of sp³-hybridized carbons (Fsp3) is 0.545. The molecule has 0 aliphatic carbocycles. The lowest BCUT2D eigenvalue weighted by atomic mass is 9.89. The summed E-state index contributed by atoms with van der Waals surface area (Å²) in [5, 5.41) is 5.90. The van der Waals surface area contributed by atoms with E-state index >= 15 is 0 Å². The van der Waals surface area contributed by atoms with Crippen LogP contribution >= 0.6 is 11.5 Å². The van der Waals surface area contributed by atoms with Crippen molar-refractivity contribution in [1.82, 2.24) is 14.5 Å². The summed E-state index contributed by atoms with van der Waals surface area (Å²) in [6.45, 7) is 0. The van der Waals surface area contributed by atoms with Crippen molar-refractivity contribution in [1.29, 1.82) is 0 Å². The molecule has 6 heteroatoms. The van der Waals surface area contributed by atoms with Crippen molar-refractivity contribution in [2.24, 2.45) is 0 Å². The number of aromatic nitrogens is 3. The molecule has 4 rings (SSSR count). The summed E-state index contributed by atoms with van der Waals surface area (Å²) in [6, 6.07) is 1.90. The Hall–Kier alpha value is -1.27. The number of fused-ring (bicyclic) bond motifs is 2. The topological polar surface area (TPSA) is 61.0 Å². The molecule has 0 saturated carbocycles. The van der Waals surface area contributed by atoms with E-state index in [1.165, 1.54) is 18.0 Å². The van der Waals surface area contributed by atoms with Gasteiger partial charge in [0, 0.05) is 5.38 Å². The van der Waals surface area contributed by atoms with Crippen LogP contribution in [0.4, 0.5) is 0 Å². The van der Waals surface area contributed by atoms with E-state index in [9.17, 15) is 0 Å². The molecule has 17 heavy (non-hydrogen) atoms. The molecule has 0 aromatic carbocycles. The highest BCUT2D eigenvalue weighted by molar-refractivity contribution is 7.03. The van der Waals surface area contributed by atoms with E-state index in [2.05, 4.69) is 14.5 Å². The zero-order valence-corrected chi connectivity index (χ0v) is 9.89. The Bertz CT molecular complexity index is 525. The van der Waals surface area contributed by atoms with Gasteiger partial charge in [0.25, 0.3) is 0 Å². The van der Waals surface area contributed by atoms with Crippen molar-refractivity contribution < 1.29 is 9.26 Å². The molecule has 0 spiro atoms. The number of ether oxygens (including phenoxy) is 1. The Morgan fingerprint density at radius 3 is 3.06 bits per heavy atom. The molecule has 2 aliphatic heterocycles. The quantitative estimate of drug-likeness (QED) is 0.816. The van der Waals surface area contributed by atoms with Crippen LogP contribution in [-0.2, 0) is 4.74 Å². The van der Waals surface area contributed by atoms with Gasteiger partial charge in [-0.25, -0.2) is 0 Å². The van der Waals surface area contributed by atoms with Crippen LogP contribution in [0.15, 0.2) is 16.0 Å². The summed E-state index contributed by atoms with van der Waals surface area (Å²) < 4.78 is 15.3. The highest BCUT2D eigenvalue weighted by Crippen LogP contribution is 2.44. The average molecular weight is 249 g/mol. The first-order valence-corrected chi connectivity index (χ1v) is 6.63. The van der Waals surface area contributed by atoms with E-state index in [0.717, 1.165) is 18.5 Å². The second kappa shape index (κ2) is 3.61. The third kappa shape index (κ3) is 1.51. The van der Waals surface area contributed by atoms with Crippen molar-refractivity contribution in [3.05, 3.63) is 17.3 Å². The first kappa shape index (κ1) is 9.73. The molecule has 2 aromatic heterocycles. The minimum atomic E-state index is 0.281. The molecular formula is C11H11N3O2S. The van der Waals surface area contributed by atoms with Gasteiger partial charge in [-0.1, -0.05) is 5.16 Å². The summed E-state index contributed by atoms with van der Waals surface area (Å²) in [6.07, 6.45) is 3.99. The lowest BCUT2D eigenvalue weighted by molar-refractivity contribution is 0.0974. The van der Waals surface area contributed by atoms with E-state index in [4.69, 9.17) is 9.26 Å². The summed E-state index contributed by atoms with van der Waals surface area (Å²) in [5.41, 5.74) is 0.786. The number of hydrogen-bond donors (Lipinski definition) is 0. The number of rotatable bonds is 2. The molecule has 88 valence electrons. The average Bonchev–Trinajstić information content (AvgIpc) is 3.12. The molecule has 2 saturated heterocycles. The molecule has 2 bridgehead atoms. The second-order valence-corrected chi connectivity index (χ2v) is 5.22. The van der Waals surface area contributed by atoms with Gasteiger partial charge in [0.1, 0.15) is 5.69 Å². The second-order valence-electron chi connectivity index (χ2n) is 4.56. The number of hydrogen-bond acceptors (Lipinski definition) is 6. The normalized spacial score (nSPS) is 31.2. The maximum Gasteiger partial charge on any atom is 0.232 e. The third-order valence-corrected chi connectivity index (χ3v) is 4.09. The lowest BCUT2D eigenvalue weighted by Gasteiger charge is -2.13. The van der Waals surface area contributed by atoms with Gasteiger partial charge in [0.2, 0.25) is 11.7 Å². The Morgan fingerprint density at radius 2 is 2.35 bits per heavy atom. The maximum absolute atomic E-state index is 5.80. The molecule has 0 unspecified atom stereocenters. The molecule has 2 fully saturated rings. The van der Waals surface area contributed by atoms with Crippen molar-refractivity contribution in [2.75, 3.05) is 0 Å². The zero-order valence-electron chi connectivity index (χ0n) is 9.07. The van der Waals surface area contributed by atoms with Crippen LogP contribution in [0, 0.1) is 0 Å². The van der Waals surface area contributed by atoms with E-state index in [1.54, 1.807) is 0 Å². The van der Waals surface area contributed by atoms with Crippen molar-refractivity contribution in [3.8, 4) is 11.5 Å². The highest BCUT2D eigenvalue weighted by Gasteiger charge is 2.44. The molecule has 5 nitrogen and oxygen atoms in total. The third-order valence-electron chi connectivity index (χ3n) is 3.53. The van der Waals surface area contributed by atoms with E-state index in [1.807, 2.05) is 11.4 Å². The van der Waals surface area contributed by atoms with Crippen LogP contribution in [0.5, 0.6) is 0 Å². The Kier molecular flexibility index (Phi) is 2.07. The SMILES string of the molecule is c1cc(-c2noc([C@@H]3C[C@H]4CC[C@@H]3O4)n2)ns1. The predicted molar refractivity (Wildman–Crippen MR) is 60.7 cm³/mol. The van der Waals surface area contributed by atoms with Gasteiger partial charge in [0.15, 0.2) is 0 Å². The molecule has 0 N–H and O–H groups in total. The minimum Gasteiger partial charge on any atom is -0.374 e. The van der Waals surface area contributed by atoms with Crippen molar-refractivity contribution in [3.63, 3.8) is 0 Å². The minimum absolute atomic E-state index is 0.281. The van der Waals surface area contributed by atoms with Crippen LogP contribution in [0.3, 0.4) is 0 Å². The highest BCUT2D eigenvalue weighted by atomic mass is 32.1. The zero-order chi connectivity index (χ0) is 11.2. The van der Waals surface area contributed by atoms with E-state index < -0.39 is 0 Å². The van der Waals surface area contributed by atoms with Gasteiger partial charge >= 0.3 is 0 Å². The number of nitrogens with zero attached hydrogens (tertiary/aromatic N) is 3. The summed E-state index contributed by atoms with van der Waals surface area (Å²) in [5.74, 6) is 1.58. The van der Waals surface area contributed by atoms with Crippen LogP contribution in [0.1, 0.15) is 31.1 Å². The molecule has 2 aliphatic rings. The fourth-order valence-corrected chi connectivity index (χ4v) is 3.22. The molecule has 3 atom stereocenters. The molecule has 0 amide bonds. The van der Waals surface area contributed by atoms with E-state index in [0.29, 0.717) is 17.8 Å². The summed E-state index contributed by atoms with van der Waals surface area (Å²) >= 11 is 1.39. The summed E-state index contributed by atoms with van der Waals surface area (Å²) in [4.78, 5) is 4.44. The van der Waals surface area contributed by atoms with Crippen LogP contribution in [0.25, 0.3) is 11.5 Å². The van der Waals surface area contributed by atoms with Crippen molar-refractivity contribution in [2.45, 2.75) is 37.4 Å². The van der Waals surface area contributed by atoms with E-state index in [-0.39, 0.29) is 12.0 Å².